The first-order valence-electron chi connectivity index (χ1n) is 5.80. The van der Waals surface area contributed by atoms with Gasteiger partial charge >= 0.3 is 5.97 Å². The van der Waals surface area contributed by atoms with Crippen LogP contribution in [0.3, 0.4) is 0 Å². The summed E-state index contributed by atoms with van der Waals surface area (Å²) in [6.45, 7) is 0. The Morgan fingerprint density at radius 3 is 2.50 bits per heavy atom. The number of rotatable bonds is 5. The molecule has 0 heterocycles. The van der Waals surface area contributed by atoms with Gasteiger partial charge in [0.25, 0.3) is 0 Å². The zero-order chi connectivity index (χ0) is 12.2. The van der Waals surface area contributed by atoms with Crippen molar-refractivity contribution in [3.8, 4) is 0 Å². The Hall–Kier alpha value is -0.580. The highest BCUT2D eigenvalue weighted by Crippen LogP contribution is 2.33. The first-order valence-corrected chi connectivity index (χ1v) is 7.87. The van der Waals surface area contributed by atoms with Crippen molar-refractivity contribution in [3.63, 3.8) is 0 Å². The van der Waals surface area contributed by atoms with Gasteiger partial charge in [-0.1, -0.05) is 12.8 Å². The van der Waals surface area contributed by atoms with E-state index in [1.807, 2.05) is 0 Å². The van der Waals surface area contributed by atoms with Crippen molar-refractivity contribution < 1.29 is 18.3 Å². The SMILES string of the molecule is CS(=O)(=O)CCCC1CCCCC1C(=O)O. The Bertz CT molecular complexity index is 334. The lowest BCUT2D eigenvalue weighted by molar-refractivity contribution is -0.145. The summed E-state index contributed by atoms with van der Waals surface area (Å²) in [6.07, 6.45) is 6.28. The lowest BCUT2D eigenvalue weighted by atomic mass is 9.77. The molecular formula is C11H20O4S. The lowest BCUT2D eigenvalue weighted by Crippen LogP contribution is -2.27. The van der Waals surface area contributed by atoms with E-state index in [2.05, 4.69) is 0 Å². The summed E-state index contributed by atoms with van der Waals surface area (Å²) in [5.74, 6) is -0.624. The highest BCUT2D eigenvalue weighted by Gasteiger charge is 2.30. The molecule has 16 heavy (non-hydrogen) atoms. The standard InChI is InChI=1S/C11H20O4S/c1-16(14,15)8-4-6-9-5-2-3-7-10(9)11(12)13/h9-10H,2-8H2,1H3,(H,12,13). The van der Waals surface area contributed by atoms with Crippen LogP contribution in [0, 0.1) is 11.8 Å². The normalized spacial score (nSPS) is 26.6. The van der Waals surface area contributed by atoms with Gasteiger partial charge in [-0.25, -0.2) is 8.42 Å². The minimum atomic E-state index is -2.91. The molecule has 0 aliphatic heterocycles. The van der Waals surface area contributed by atoms with Crippen molar-refractivity contribution in [3.05, 3.63) is 0 Å². The van der Waals surface area contributed by atoms with Crippen LogP contribution in [-0.2, 0) is 14.6 Å². The summed E-state index contributed by atoms with van der Waals surface area (Å²) in [7, 11) is -2.91. The molecule has 94 valence electrons. The highest BCUT2D eigenvalue weighted by atomic mass is 32.2. The molecule has 4 nitrogen and oxygen atoms in total. The van der Waals surface area contributed by atoms with Gasteiger partial charge in [-0.3, -0.25) is 4.79 Å². The third-order valence-electron chi connectivity index (χ3n) is 3.32. The van der Waals surface area contributed by atoms with Crippen LogP contribution in [0.4, 0.5) is 0 Å². The van der Waals surface area contributed by atoms with E-state index in [0.717, 1.165) is 32.1 Å². The highest BCUT2D eigenvalue weighted by molar-refractivity contribution is 7.90. The largest absolute Gasteiger partial charge is 0.481 e. The Morgan fingerprint density at radius 1 is 1.31 bits per heavy atom. The summed E-state index contributed by atoms with van der Waals surface area (Å²) in [4.78, 5) is 11.0. The van der Waals surface area contributed by atoms with Gasteiger partial charge in [0.05, 0.1) is 5.92 Å². The quantitative estimate of drug-likeness (QED) is 0.804. The number of carboxylic acids is 1. The van der Waals surface area contributed by atoms with Gasteiger partial charge in [-0.2, -0.15) is 0 Å². The summed E-state index contributed by atoms with van der Waals surface area (Å²) in [5.41, 5.74) is 0. The van der Waals surface area contributed by atoms with E-state index >= 15 is 0 Å². The van der Waals surface area contributed by atoms with Gasteiger partial charge in [0.1, 0.15) is 9.84 Å². The monoisotopic (exact) mass is 248 g/mol. The fraction of sp³-hybridized carbons (Fsp3) is 0.909. The van der Waals surface area contributed by atoms with Crippen LogP contribution in [-0.4, -0.2) is 31.5 Å². The molecule has 2 unspecified atom stereocenters. The van der Waals surface area contributed by atoms with E-state index in [9.17, 15) is 13.2 Å². The molecular weight excluding hydrogens is 228 g/mol. The van der Waals surface area contributed by atoms with Crippen molar-refractivity contribution >= 4 is 15.8 Å². The van der Waals surface area contributed by atoms with E-state index in [-0.39, 0.29) is 17.6 Å². The second kappa shape index (κ2) is 5.66. The molecule has 0 aromatic rings. The van der Waals surface area contributed by atoms with Crippen LogP contribution in [0.15, 0.2) is 0 Å². The first-order chi connectivity index (χ1) is 7.40. The third-order valence-corrected chi connectivity index (χ3v) is 4.35. The van der Waals surface area contributed by atoms with E-state index < -0.39 is 15.8 Å². The number of aliphatic carboxylic acids is 1. The van der Waals surface area contributed by atoms with Crippen LogP contribution in [0.1, 0.15) is 38.5 Å². The fourth-order valence-electron chi connectivity index (χ4n) is 2.49. The fourth-order valence-corrected chi connectivity index (χ4v) is 3.18. The van der Waals surface area contributed by atoms with Gasteiger partial charge in [-0.15, -0.1) is 0 Å². The first kappa shape index (κ1) is 13.5. The van der Waals surface area contributed by atoms with Crippen LogP contribution in [0.25, 0.3) is 0 Å². The molecule has 1 aliphatic carbocycles. The van der Waals surface area contributed by atoms with E-state index in [1.165, 1.54) is 6.26 Å². The summed E-state index contributed by atoms with van der Waals surface area (Å²) >= 11 is 0. The number of hydrogen-bond acceptors (Lipinski definition) is 3. The van der Waals surface area contributed by atoms with Crippen LogP contribution >= 0.6 is 0 Å². The van der Waals surface area contributed by atoms with Crippen LogP contribution < -0.4 is 0 Å². The predicted molar refractivity (Wildman–Crippen MR) is 62.0 cm³/mol. The molecule has 2 atom stereocenters. The number of carboxylic acid groups (broad SMARTS) is 1. The number of hydrogen-bond donors (Lipinski definition) is 1. The molecule has 5 heteroatoms. The zero-order valence-electron chi connectivity index (χ0n) is 9.68. The molecule has 0 aromatic heterocycles. The summed E-state index contributed by atoms with van der Waals surface area (Å²) in [6, 6.07) is 0. The van der Waals surface area contributed by atoms with Gasteiger partial charge in [0.15, 0.2) is 0 Å². The average Bonchev–Trinajstić information content (AvgIpc) is 2.16. The summed E-state index contributed by atoms with van der Waals surface area (Å²) < 4.78 is 21.9. The molecule has 0 radical (unpaired) electrons. The molecule has 0 spiro atoms. The number of sulfone groups is 1. The lowest BCUT2D eigenvalue weighted by Gasteiger charge is -2.28. The topological polar surface area (TPSA) is 71.4 Å². The van der Waals surface area contributed by atoms with Crippen molar-refractivity contribution in [2.24, 2.45) is 11.8 Å². The Morgan fingerprint density at radius 2 is 1.94 bits per heavy atom. The molecule has 1 saturated carbocycles. The molecule has 1 rings (SSSR count). The van der Waals surface area contributed by atoms with Gasteiger partial charge < -0.3 is 5.11 Å². The Balaban J connectivity index is 2.41. The maximum Gasteiger partial charge on any atom is 0.306 e. The molecule has 1 aliphatic rings. The second-order valence-electron chi connectivity index (χ2n) is 4.76. The van der Waals surface area contributed by atoms with Gasteiger partial charge in [0.2, 0.25) is 0 Å². The smallest absolute Gasteiger partial charge is 0.306 e. The molecule has 0 saturated heterocycles. The molecule has 1 N–H and O–H groups in total. The maximum atomic E-state index is 11.0. The van der Waals surface area contributed by atoms with Crippen molar-refractivity contribution in [2.45, 2.75) is 38.5 Å². The minimum Gasteiger partial charge on any atom is -0.481 e. The number of carbonyl (C=O) groups is 1. The molecule has 0 aromatic carbocycles. The minimum absolute atomic E-state index is 0.174. The predicted octanol–water partition coefficient (Wildman–Crippen LogP) is 1.70. The second-order valence-corrected chi connectivity index (χ2v) is 7.02. The zero-order valence-corrected chi connectivity index (χ0v) is 10.5. The van der Waals surface area contributed by atoms with Gasteiger partial charge in [-0.05, 0) is 31.6 Å². The molecule has 0 amide bonds. The third kappa shape index (κ3) is 4.51. The summed E-state index contributed by atoms with van der Waals surface area (Å²) in [5, 5.41) is 9.05. The van der Waals surface area contributed by atoms with Gasteiger partial charge in [0, 0.05) is 12.0 Å². The average molecular weight is 248 g/mol. The van der Waals surface area contributed by atoms with Crippen molar-refractivity contribution in [1.29, 1.82) is 0 Å². The van der Waals surface area contributed by atoms with Crippen LogP contribution in [0.2, 0.25) is 0 Å². The Kier molecular flexibility index (Phi) is 4.77. The maximum absolute atomic E-state index is 11.0. The van der Waals surface area contributed by atoms with Crippen molar-refractivity contribution in [1.82, 2.24) is 0 Å². The van der Waals surface area contributed by atoms with E-state index in [0.29, 0.717) is 6.42 Å². The molecule has 0 bridgehead atoms. The van der Waals surface area contributed by atoms with E-state index in [4.69, 9.17) is 5.11 Å². The Labute approximate surface area is 97.0 Å². The van der Waals surface area contributed by atoms with Crippen molar-refractivity contribution in [2.75, 3.05) is 12.0 Å². The van der Waals surface area contributed by atoms with Crippen LogP contribution in [0.5, 0.6) is 0 Å². The van der Waals surface area contributed by atoms with E-state index in [1.54, 1.807) is 0 Å². The molecule has 1 fully saturated rings.